The summed E-state index contributed by atoms with van der Waals surface area (Å²) in [6, 6.07) is 9.77. The first-order valence-electron chi connectivity index (χ1n) is 4.94. The van der Waals surface area contributed by atoms with E-state index in [2.05, 4.69) is 0 Å². The fraction of sp³-hybridized carbons (Fsp3) is 0.273. The molecule has 1 unspecified atom stereocenters. The van der Waals surface area contributed by atoms with Crippen LogP contribution in [0.15, 0.2) is 30.3 Å². The van der Waals surface area contributed by atoms with Gasteiger partial charge in [-0.2, -0.15) is 0 Å². The van der Waals surface area contributed by atoms with E-state index in [0.29, 0.717) is 13.0 Å². The Labute approximate surface area is 99.4 Å². The Hall–Kier alpha value is -1.32. The molecule has 1 atom stereocenters. The van der Waals surface area contributed by atoms with Crippen molar-refractivity contribution in [1.82, 2.24) is 4.90 Å². The fourth-order valence-electron chi connectivity index (χ4n) is 1.62. The molecule has 1 N–H and O–H groups in total. The Kier molecular flexibility index (Phi) is 3.27. The quantitative estimate of drug-likeness (QED) is 0.814. The van der Waals surface area contributed by atoms with Gasteiger partial charge in [0.2, 0.25) is 0 Å². The molecular weight excluding hydrogens is 273 g/mol. The topological polar surface area (TPSA) is 57.6 Å². The summed E-state index contributed by atoms with van der Waals surface area (Å²) < 4.78 is 1.14. The molecule has 5 heteroatoms. The molecular formula is C11H11NO3Se. The normalized spacial score (nSPS) is 20.1. The predicted molar refractivity (Wildman–Crippen MR) is 59.9 cm³/mol. The van der Waals surface area contributed by atoms with Crippen molar-refractivity contribution in [2.45, 2.75) is 11.2 Å². The van der Waals surface area contributed by atoms with E-state index < -0.39 is 6.09 Å². The summed E-state index contributed by atoms with van der Waals surface area (Å²) in [6.07, 6.45) is -0.476. The maximum atomic E-state index is 11.7. The fourth-order valence-corrected chi connectivity index (χ4v) is 3.91. The third kappa shape index (κ3) is 2.26. The van der Waals surface area contributed by atoms with E-state index in [1.54, 1.807) is 0 Å². The summed E-state index contributed by atoms with van der Waals surface area (Å²) in [5.74, 6) is -0.239. The molecule has 0 radical (unpaired) electrons. The van der Waals surface area contributed by atoms with Crippen LogP contribution in [0.2, 0.25) is 4.82 Å². The molecule has 0 saturated carbocycles. The van der Waals surface area contributed by atoms with Gasteiger partial charge in [0, 0.05) is 0 Å². The van der Waals surface area contributed by atoms with Gasteiger partial charge in [-0.3, -0.25) is 0 Å². The molecule has 0 aromatic heterocycles. The predicted octanol–water partition coefficient (Wildman–Crippen LogP) is 0.715. The number of hydrogen-bond acceptors (Lipinski definition) is 2. The van der Waals surface area contributed by atoms with Crippen molar-refractivity contribution >= 4 is 31.4 Å². The van der Waals surface area contributed by atoms with Crippen molar-refractivity contribution in [3.8, 4) is 0 Å². The van der Waals surface area contributed by atoms with Crippen molar-refractivity contribution in [1.29, 1.82) is 0 Å². The Morgan fingerprint density at radius 3 is 2.62 bits per heavy atom. The van der Waals surface area contributed by atoms with E-state index in [4.69, 9.17) is 5.11 Å². The number of amides is 2. The number of carbonyl (C=O) groups is 2. The van der Waals surface area contributed by atoms with Gasteiger partial charge in [0.05, 0.1) is 0 Å². The van der Waals surface area contributed by atoms with Crippen LogP contribution in [0.4, 0.5) is 4.79 Å². The van der Waals surface area contributed by atoms with Gasteiger partial charge < -0.3 is 0 Å². The van der Waals surface area contributed by atoms with E-state index in [0.717, 1.165) is 9.36 Å². The molecule has 2 amide bonds. The van der Waals surface area contributed by atoms with Gasteiger partial charge in [0.1, 0.15) is 0 Å². The SMILES string of the molecule is O=C(O)N1CCC([Se]c2ccccc2)C1=O. The Morgan fingerprint density at radius 1 is 1.38 bits per heavy atom. The molecule has 0 aliphatic carbocycles. The molecule has 1 aliphatic rings. The molecule has 4 nitrogen and oxygen atoms in total. The summed E-state index contributed by atoms with van der Waals surface area (Å²) in [7, 11) is 0. The molecule has 1 heterocycles. The molecule has 84 valence electrons. The third-order valence-corrected chi connectivity index (χ3v) is 5.07. The minimum atomic E-state index is -1.13. The van der Waals surface area contributed by atoms with Gasteiger partial charge in [-0.15, -0.1) is 0 Å². The summed E-state index contributed by atoms with van der Waals surface area (Å²) >= 11 is 0.0303. The van der Waals surface area contributed by atoms with Crippen molar-refractivity contribution in [2.75, 3.05) is 6.54 Å². The third-order valence-electron chi connectivity index (χ3n) is 2.41. The first-order chi connectivity index (χ1) is 7.68. The van der Waals surface area contributed by atoms with E-state index in [-0.39, 0.29) is 25.7 Å². The molecule has 1 fully saturated rings. The first kappa shape index (κ1) is 11.2. The number of carbonyl (C=O) groups excluding carboxylic acids is 1. The molecule has 1 aromatic rings. The van der Waals surface area contributed by atoms with Crippen molar-refractivity contribution in [3.63, 3.8) is 0 Å². The molecule has 1 aliphatic heterocycles. The molecule has 16 heavy (non-hydrogen) atoms. The average molecular weight is 284 g/mol. The first-order valence-corrected chi connectivity index (χ1v) is 6.79. The van der Waals surface area contributed by atoms with E-state index in [1.165, 1.54) is 0 Å². The number of nitrogens with zero attached hydrogens (tertiary/aromatic N) is 1. The zero-order valence-electron chi connectivity index (χ0n) is 8.50. The molecule has 1 aromatic carbocycles. The second-order valence-electron chi connectivity index (χ2n) is 3.48. The molecule has 1 saturated heterocycles. The number of benzene rings is 1. The van der Waals surface area contributed by atoms with Crippen molar-refractivity contribution in [3.05, 3.63) is 30.3 Å². The van der Waals surface area contributed by atoms with Gasteiger partial charge in [-0.25, -0.2) is 0 Å². The minimum absolute atomic E-state index is 0.0303. The second-order valence-corrected chi connectivity index (χ2v) is 6.16. The van der Waals surface area contributed by atoms with Crippen LogP contribution in [-0.2, 0) is 4.79 Å². The Balaban J connectivity index is 2.03. The van der Waals surface area contributed by atoms with Crippen LogP contribution in [0, 0.1) is 0 Å². The van der Waals surface area contributed by atoms with Gasteiger partial charge in [-0.1, -0.05) is 0 Å². The summed E-state index contributed by atoms with van der Waals surface area (Å²) in [4.78, 5) is 23.2. The van der Waals surface area contributed by atoms with Crippen molar-refractivity contribution < 1.29 is 14.7 Å². The average Bonchev–Trinajstić information content (AvgIpc) is 2.62. The summed E-state index contributed by atoms with van der Waals surface area (Å²) in [5.41, 5.74) is 0. The molecule has 0 spiro atoms. The summed E-state index contributed by atoms with van der Waals surface area (Å²) in [5, 5.41) is 8.78. The van der Waals surface area contributed by atoms with Gasteiger partial charge in [-0.05, 0) is 0 Å². The van der Waals surface area contributed by atoms with E-state index in [1.807, 2.05) is 30.3 Å². The van der Waals surface area contributed by atoms with Crippen LogP contribution in [0.5, 0.6) is 0 Å². The zero-order valence-corrected chi connectivity index (χ0v) is 10.2. The van der Waals surface area contributed by atoms with Gasteiger partial charge in [0.15, 0.2) is 0 Å². The standard InChI is InChI=1S/C11H11NO3Se/c13-10-9(6-7-12(10)11(14)15)16-8-4-2-1-3-5-8/h1-5,9H,6-7H2,(H,14,15). The maximum absolute atomic E-state index is 11.7. The monoisotopic (exact) mass is 285 g/mol. The van der Waals surface area contributed by atoms with E-state index in [9.17, 15) is 9.59 Å². The number of rotatable bonds is 2. The second kappa shape index (κ2) is 4.68. The van der Waals surface area contributed by atoms with Crippen molar-refractivity contribution in [2.24, 2.45) is 0 Å². The van der Waals surface area contributed by atoms with Gasteiger partial charge in [0.25, 0.3) is 0 Å². The molecule has 0 bridgehead atoms. The number of imide groups is 1. The van der Waals surface area contributed by atoms with Crippen LogP contribution in [-0.4, -0.2) is 43.5 Å². The van der Waals surface area contributed by atoms with Crippen LogP contribution >= 0.6 is 0 Å². The van der Waals surface area contributed by atoms with Crippen LogP contribution in [0.3, 0.4) is 0 Å². The number of carboxylic acid groups (broad SMARTS) is 1. The number of likely N-dealkylation sites (tertiary alicyclic amines) is 1. The number of hydrogen-bond donors (Lipinski definition) is 1. The summed E-state index contributed by atoms with van der Waals surface area (Å²) in [6.45, 7) is 0.341. The zero-order chi connectivity index (χ0) is 11.5. The van der Waals surface area contributed by atoms with Crippen LogP contribution < -0.4 is 4.46 Å². The Morgan fingerprint density at radius 2 is 2.06 bits per heavy atom. The van der Waals surface area contributed by atoms with Crippen LogP contribution in [0.1, 0.15) is 6.42 Å². The van der Waals surface area contributed by atoms with Crippen LogP contribution in [0.25, 0.3) is 0 Å². The van der Waals surface area contributed by atoms with Gasteiger partial charge >= 0.3 is 99.1 Å². The molecule has 2 rings (SSSR count). The van der Waals surface area contributed by atoms with E-state index >= 15 is 0 Å². The Bertz CT molecular complexity index is 407.